The van der Waals surface area contributed by atoms with Gasteiger partial charge in [0.25, 0.3) is 5.91 Å². The Kier molecular flexibility index (Phi) is 4.33. The third-order valence-corrected chi connectivity index (χ3v) is 5.10. The second kappa shape index (κ2) is 6.06. The fraction of sp³-hybridized carbons (Fsp3) is 0.188. The van der Waals surface area contributed by atoms with E-state index < -0.39 is 6.10 Å². The Bertz CT molecular complexity index is 704. The molecule has 2 atom stereocenters. The smallest absolute Gasteiger partial charge is 0.252 e. The van der Waals surface area contributed by atoms with Crippen molar-refractivity contribution in [3.8, 4) is 0 Å². The standard InChI is InChI=1S/C16H13BrINO2/c17-10-5-6-13(18)12(8-10)16(21)19-15-11-4-2-1-3-9(11)7-14(15)20/h1-6,8,14-15,20H,7H2,(H,19,21)/t14-,15+/m0/s1. The molecular weight excluding hydrogens is 445 g/mol. The van der Waals surface area contributed by atoms with E-state index in [2.05, 4.69) is 43.8 Å². The lowest BCUT2D eigenvalue weighted by molar-refractivity contribution is 0.0857. The minimum atomic E-state index is -0.573. The van der Waals surface area contributed by atoms with Crippen LogP contribution in [0.1, 0.15) is 27.5 Å². The van der Waals surface area contributed by atoms with Crippen molar-refractivity contribution in [2.24, 2.45) is 0 Å². The number of amides is 1. The van der Waals surface area contributed by atoms with E-state index in [1.165, 1.54) is 0 Å². The maximum atomic E-state index is 12.5. The highest BCUT2D eigenvalue weighted by atomic mass is 127. The molecule has 0 bridgehead atoms. The minimum absolute atomic E-state index is 0.165. The van der Waals surface area contributed by atoms with Gasteiger partial charge >= 0.3 is 0 Å². The van der Waals surface area contributed by atoms with Gasteiger partial charge < -0.3 is 10.4 Å². The van der Waals surface area contributed by atoms with E-state index in [1.54, 1.807) is 6.07 Å². The van der Waals surface area contributed by atoms with Gasteiger partial charge in [-0.3, -0.25) is 4.79 Å². The van der Waals surface area contributed by atoms with Crippen LogP contribution in [-0.4, -0.2) is 17.1 Å². The summed E-state index contributed by atoms with van der Waals surface area (Å²) in [5.74, 6) is -0.165. The van der Waals surface area contributed by atoms with Crippen molar-refractivity contribution in [3.05, 3.63) is 67.2 Å². The molecule has 5 heteroatoms. The van der Waals surface area contributed by atoms with E-state index in [4.69, 9.17) is 0 Å². The molecule has 0 spiro atoms. The highest BCUT2D eigenvalue weighted by Gasteiger charge is 2.32. The Morgan fingerprint density at radius 1 is 1.29 bits per heavy atom. The minimum Gasteiger partial charge on any atom is -0.390 e. The largest absolute Gasteiger partial charge is 0.390 e. The summed E-state index contributed by atoms with van der Waals surface area (Å²) in [7, 11) is 0. The number of aliphatic hydroxyl groups is 1. The predicted molar refractivity (Wildman–Crippen MR) is 93.2 cm³/mol. The maximum absolute atomic E-state index is 12.5. The van der Waals surface area contributed by atoms with Crippen LogP contribution in [0.4, 0.5) is 0 Å². The number of carbonyl (C=O) groups excluding carboxylic acids is 1. The lowest BCUT2D eigenvalue weighted by Gasteiger charge is -2.18. The second-order valence-corrected chi connectivity index (χ2v) is 7.12. The van der Waals surface area contributed by atoms with Crippen LogP contribution in [0.3, 0.4) is 0 Å². The van der Waals surface area contributed by atoms with Gasteiger partial charge in [0.1, 0.15) is 0 Å². The van der Waals surface area contributed by atoms with Crippen molar-refractivity contribution in [2.75, 3.05) is 0 Å². The number of benzene rings is 2. The summed E-state index contributed by atoms with van der Waals surface area (Å²) in [5.41, 5.74) is 2.71. The summed E-state index contributed by atoms with van der Waals surface area (Å²) < 4.78 is 1.74. The summed E-state index contributed by atoms with van der Waals surface area (Å²) >= 11 is 5.52. The molecule has 2 N–H and O–H groups in total. The quantitative estimate of drug-likeness (QED) is 0.678. The number of hydrogen-bond acceptors (Lipinski definition) is 2. The molecule has 0 fully saturated rings. The van der Waals surface area contributed by atoms with Gasteiger partial charge in [0.15, 0.2) is 0 Å². The summed E-state index contributed by atoms with van der Waals surface area (Å²) in [6, 6.07) is 13.1. The van der Waals surface area contributed by atoms with Gasteiger partial charge in [-0.1, -0.05) is 40.2 Å². The Morgan fingerprint density at radius 3 is 2.86 bits per heavy atom. The van der Waals surface area contributed by atoms with Crippen LogP contribution >= 0.6 is 38.5 Å². The molecule has 0 aromatic heterocycles. The lowest BCUT2D eigenvalue weighted by Crippen LogP contribution is -2.34. The maximum Gasteiger partial charge on any atom is 0.252 e. The Balaban J connectivity index is 1.87. The van der Waals surface area contributed by atoms with Gasteiger partial charge in [0.2, 0.25) is 0 Å². The Morgan fingerprint density at radius 2 is 2.05 bits per heavy atom. The molecule has 0 radical (unpaired) electrons. The predicted octanol–water partition coefficient (Wildman–Crippen LogP) is 3.44. The van der Waals surface area contributed by atoms with Crippen LogP contribution in [0.25, 0.3) is 0 Å². The van der Waals surface area contributed by atoms with Crippen LogP contribution in [0.5, 0.6) is 0 Å². The second-order valence-electron chi connectivity index (χ2n) is 5.05. The normalized spacial score (nSPS) is 20.1. The van der Waals surface area contributed by atoms with Gasteiger partial charge in [0, 0.05) is 14.5 Å². The Hall–Kier alpha value is -0.920. The van der Waals surface area contributed by atoms with E-state index in [0.717, 1.165) is 19.2 Å². The van der Waals surface area contributed by atoms with E-state index in [0.29, 0.717) is 12.0 Å². The van der Waals surface area contributed by atoms with Crippen LogP contribution < -0.4 is 5.32 Å². The molecule has 21 heavy (non-hydrogen) atoms. The monoisotopic (exact) mass is 457 g/mol. The van der Waals surface area contributed by atoms with E-state index in [9.17, 15) is 9.90 Å². The zero-order chi connectivity index (χ0) is 15.0. The third kappa shape index (κ3) is 3.00. The number of nitrogens with one attached hydrogen (secondary N) is 1. The van der Waals surface area contributed by atoms with Crippen molar-refractivity contribution in [1.82, 2.24) is 5.32 Å². The number of rotatable bonds is 2. The topological polar surface area (TPSA) is 49.3 Å². The molecule has 0 heterocycles. The van der Waals surface area contributed by atoms with Crippen LogP contribution in [0.2, 0.25) is 0 Å². The number of aliphatic hydroxyl groups excluding tert-OH is 1. The average Bonchev–Trinajstić information content (AvgIpc) is 2.78. The fourth-order valence-corrected chi connectivity index (χ4v) is 3.58. The van der Waals surface area contributed by atoms with E-state index >= 15 is 0 Å². The first-order valence-corrected chi connectivity index (χ1v) is 8.45. The van der Waals surface area contributed by atoms with Crippen molar-refractivity contribution in [3.63, 3.8) is 0 Å². The average molecular weight is 458 g/mol. The number of halogens is 2. The fourth-order valence-electron chi connectivity index (χ4n) is 2.64. The first-order valence-electron chi connectivity index (χ1n) is 6.58. The first-order chi connectivity index (χ1) is 10.1. The van der Waals surface area contributed by atoms with E-state index in [1.807, 2.05) is 36.4 Å². The molecule has 2 aromatic rings. The van der Waals surface area contributed by atoms with Gasteiger partial charge in [-0.2, -0.15) is 0 Å². The molecule has 3 rings (SSSR count). The summed E-state index contributed by atoms with van der Waals surface area (Å²) in [5, 5.41) is 13.2. The zero-order valence-corrected chi connectivity index (χ0v) is 14.8. The van der Waals surface area contributed by atoms with Crippen molar-refractivity contribution in [1.29, 1.82) is 0 Å². The zero-order valence-electron chi connectivity index (χ0n) is 11.0. The summed E-state index contributed by atoms with van der Waals surface area (Å²) in [6.07, 6.45) is 0.00706. The van der Waals surface area contributed by atoms with Crippen molar-refractivity contribution in [2.45, 2.75) is 18.6 Å². The third-order valence-electron chi connectivity index (χ3n) is 3.66. The van der Waals surface area contributed by atoms with Gasteiger partial charge in [0.05, 0.1) is 17.7 Å². The molecule has 1 amide bonds. The number of fused-ring (bicyclic) bond motifs is 1. The summed E-state index contributed by atoms with van der Waals surface area (Å²) in [6.45, 7) is 0. The molecule has 108 valence electrons. The molecule has 3 nitrogen and oxygen atoms in total. The van der Waals surface area contributed by atoms with Crippen molar-refractivity contribution >= 4 is 44.4 Å². The molecule has 0 saturated carbocycles. The van der Waals surface area contributed by atoms with Crippen LogP contribution in [-0.2, 0) is 6.42 Å². The van der Waals surface area contributed by atoms with Crippen molar-refractivity contribution < 1.29 is 9.90 Å². The van der Waals surface area contributed by atoms with Gasteiger partial charge in [-0.05, 0) is 51.9 Å². The number of hydrogen-bond donors (Lipinski definition) is 2. The molecule has 1 aliphatic carbocycles. The highest BCUT2D eigenvalue weighted by molar-refractivity contribution is 14.1. The van der Waals surface area contributed by atoms with Crippen LogP contribution in [0, 0.1) is 3.57 Å². The molecule has 0 aliphatic heterocycles. The van der Waals surface area contributed by atoms with Gasteiger partial charge in [-0.15, -0.1) is 0 Å². The molecular formula is C16H13BrINO2. The van der Waals surface area contributed by atoms with Gasteiger partial charge in [-0.25, -0.2) is 0 Å². The first kappa shape index (κ1) is 15.0. The molecule has 0 saturated heterocycles. The molecule has 0 unspecified atom stereocenters. The lowest BCUT2D eigenvalue weighted by atomic mass is 10.1. The van der Waals surface area contributed by atoms with Crippen LogP contribution in [0.15, 0.2) is 46.9 Å². The highest BCUT2D eigenvalue weighted by Crippen LogP contribution is 2.31. The number of carbonyl (C=O) groups is 1. The SMILES string of the molecule is O=C(N[C@@H]1c2ccccc2C[C@@H]1O)c1cc(Br)ccc1I. The Labute approximate surface area is 145 Å². The molecule has 2 aromatic carbocycles. The molecule has 1 aliphatic rings. The van der Waals surface area contributed by atoms with E-state index in [-0.39, 0.29) is 11.9 Å². The summed E-state index contributed by atoms with van der Waals surface area (Å²) in [4.78, 5) is 12.5.